The molecular weight excluding hydrogens is 398 g/mol. The van der Waals surface area contributed by atoms with Crippen LogP contribution in [0.25, 0.3) is 0 Å². The molecule has 0 atom stereocenters. The molecule has 0 amide bonds. The summed E-state index contributed by atoms with van der Waals surface area (Å²) in [5.74, 6) is 1.18. The molecule has 0 saturated carbocycles. The minimum absolute atomic E-state index is 0.110. The zero-order valence-electron chi connectivity index (χ0n) is 17.9. The number of ether oxygens (including phenoxy) is 2. The summed E-state index contributed by atoms with van der Waals surface area (Å²) in [6, 6.07) is 14.2. The highest BCUT2D eigenvalue weighted by atomic mass is 16.7. The second kappa shape index (κ2) is 9.48. The van der Waals surface area contributed by atoms with E-state index >= 15 is 0 Å². The first-order valence-corrected chi connectivity index (χ1v) is 9.85. The van der Waals surface area contributed by atoms with Gasteiger partial charge in [-0.2, -0.15) is 10.1 Å². The van der Waals surface area contributed by atoms with Gasteiger partial charge in [0.25, 0.3) is 0 Å². The molecule has 3 rings (SSSR count). The normalized spacial score (nSPS) is 15.1. The van der Waals surface area contributed by atoms with E-state index in [1.807, 2.05) is 32.0 Å². The van der Waals surface area contributed by atoms with Crippen LogP contribution in [0.3, 0.4) is 0 Å². The third kappa shape index (κ3) is 5.32. The number of guanidine groups is 2. The predicted octanol–water partition coefficient (Wildman–Crippen LogP) is 2.31. The number of hydroxylamine groups is 2. The van der Waals surface area contributed by atoms with Crippen LogP contribution < -0.4 is 20.9 Å². The molecule has 9 nitrogen and oxygen atoms in total. The van der Waals surface area contributed by atoms with Crippen molar-refractivity contribution in [3.8, 4) is 11.5 Å². The van der Waals surface area contributed by atoms with Gasteiger partial charge < -0.3 is 20.9 Å². The Bertz CT molecular complexity index is 989. The first-order valence-electron chi connectivity index (χ1n) is 9.85. The minimum Gasteiger partial charge on any atom is -0.497 e. The highest BCUT2D eigenvalue weighted by Gasteiger charge is 2.33. The van der Waals surface area contributed by atoms with E-state index in [1.54, 1.807) is 37.4 Å². The van der Waals surface area contributed by atoms with Gasteiger partial charge in [-0.25, -0.2) is 4.99 Å². The molecule has 1 aliphatic rings. The van der Waals surface area contributed by atoms with Crippen LogP contribution in [-0.4, -0.2) is 48.8 Å². The van der Waals surface area contributed by atoms with E-state index in [-0.39, 0.29) is 17.7 Å². The van der Waals surface area contributed by atoms with Crippen LogP contribution in [0.15, 0.2) is 58.5 Å². The Morgan fingerprint density at radius 1 is 1.10 bits per heavy atom. The third-order valence-corrected chi connectivity index (χ3v) is 4.56. The average molecular weight is 425 g/mol. The number of carbonyl (C=O) groups is 1. The molecule has 164 valence electrons. The van der Waals surface area contributed by atoms with Gasteiger partial charge in [0.2, 0.25) is 11.9 Å². The second-order valence-electron chi connectivity index (χ2n) is 7.32. The molecule has 0 radical (unpaired) electrons. The van der Waals surface area contributed by atoms with Crippen molar-refractivity contribution in [3.05, 3.63) is 59.7 Å². The minimum atomic E-state index is -0.765. The standard InChI is InChI=1S/C22H27N5O4/c1-22(2)26-20(23)25-21(24)27(22)31-13-7-12-30-18-14-16(29-3)10-11-17(18)19(28)15-8-5-4-6-9-15/h4-6,8-11,14H,7,12-13H2,1-3H3,(H4,23,24,25,26). The van der Waals surface area contributed by atoms with Crippen molar-refractivity contribution in [1.29, 1.82) is 0 Å². The third-order valence-electron chi connectivity index (χ3n) is 4.56. The Morgan fingerprint density at radius 2 is 1.84 bits per heavy atom. The molecule has 4 N–H and O–H groups in total. The van der Waals surface area contributed by atoms with Crippen molar-refractivity contribution in [1.82, 2.24) is 5.06 Å². The molecule has 0 saturated heterocycles. The van der Waals surface area contributed by atoms with Gasteiger partial charge in [-0.15, -0.1) is 0 Å². The van der Waals surface area contributed by atoms with Crippen molar-refractivity contribution < 1.29 is 19.1 Å². The molecule has 2 aromatic carbocycles. The molecule has 2 aromatic rings. The number of aliphatic imine (C=N–C) groups is 2. The van der Waals surface area contributed by atoms with E-state index in [1.165, 1.54) is 5.06 Å². The number of methoxy groups -OCH3 is 1. The predicted molar refractivity (Wildman–Crippen MR) is 118 cm³/mol. The maximum Gasteiger partial charge on any atom is 0.226 e. The number of rotatable bonds is 9. The average Bonchev–Trinajstić information content (AvgIpc) is 2.74. The van der Waals surface area contributed by atoms with Crippen LogP contribution in [0.2, 0.25) is 0 Å². The highest BCUT2D eigenvalue weighted by Crippen LogP contribution is 2.27. The van der Waals surface area contributed by atoms with E-state index in [0.717, 1.165) is 0 Å². The number of carbonyl (C=O) groups excluding carboxylic acids is 1. The molecule has 9 heteroatoms. The monoisotopic (exact) mass is 425 g/mol. The van der Waals surface area contributed by atoms with Crippen molar-refractivity contribution in [2.75, 3.05) is 20.3 Å². The SMILES string of the molecule is COc1ccc(C(=O)c2ccccc2)c(OCCCON2C(N)=NC(N)=NC2(C)C)c1. The second-order valence-corrected chi connectivity index (χ2v) is 7.32. The molecule has 0 bridgehead atoms. The zero-order chi connectivity index (χ0) is 22.4. The Hall–Kier alpha value is -3.59. The topological polar surface area (TPSA) is 125 Å². The lowest BCUT2D eigenvalue weighted by Crippen LogP contribution is -2.53. The van der Waals surface area contributed by atoms with Gasteiger partial charge in [-0.05, 0) is 26.0 Å². The van der Waals surface area contributed by atoms with Gasteiger partial charge in [0.05, 0.1) is 25.9 Å². The van der Waals surface area contributed by atoms with Gasteiger partial charge in [0, 0.05) is 18.1 Å². The molecule has 1 aliphatic heterocycles. The molecule has 0 spiro atoms. The van der Waals surface area contributed by atoms with E-state index in [9.17, 15) is 4.79 Å². The molecular formula is C22H27N5O4. The van der Waals surface area contributed by atoms with Crippen molar-refractivity contribution in [3.63, 3.8) is 0 Å². The number of hydrogen-bond donors (Lipinski definition) is 2. The fourth-order valence-corrected chi connectivity index (χ4v) is 3.10. The Kier molecular flexibility index (Phi) is 6.76. The zero-order valence-corrected chi connectivity index (χ0v) is 17.9. The first kappa shape index (κ1) is 22.1. The lowest BCUT2D eigenvalue weighted by Gasteiger charge is -2.36. The smallest absolute Gasteiger partial charge is 0.226 e. The van der Waals surface area contributed by atoms with Gasteiger partial charge in [0.1, 0.15) is 11.5 Å². The molecule has 1 heterocycles. The molecule has 0 aromatic heterocycles. The number of benzene rings is 2. The molecule has 0 fully saturated rings. The highest BCUT2D eigenvalue weighted by molar-refractivity contribution is 6.10. The van der Waals surface area contributed by atoms with Gasteiger partial charge in [-0.3, -0.25) is 9.63 Å². The van der Waals surface area contributed by atoms with E-state index in [4.69, 9.17) is 25.8 Å². The van der Waals surface area contributed by atoms with Crippen LogP contribution >= 0.6 is 0 Å². The van der Waals surface area contributed by atoms with E-state index < -0.39 is 5.66 Å². The van der Waals surface area contributed by atoms with Crippen molar-refractivity contribution in [2.24, 2.45) is 21.5 Å². The number of nitrogens with zero attached hydrogens (tertiary/aromatic N) is 3. The van der Waals surface area contributed by atoms with Crippen LogP contribution in [-0.2, 0) is 4.84 Å². The van der Waals surface area contributed by atoms with Crippen LogP contribution in [0.1, 0.15) is 36.2 Å². The van der Waals surface area contributed by atoms with Gasteiger partial charge in [-0.1, -0.05) is 30.3 Å². The molecule has 0 unspecified atom stereocenters. The summed E-state index contributed by atoms with van der Waals surface area (Å²) in [7, 11) is 1.56. The van der Waals surface area contributed by atoms with Crippen molar-refractivity contribution in [2.45, 2.75) is 25.9 Å². The summed E-state index contributed by atoms with van der Waals surface area (Å²) >= 11 is 0. The summed E-state index contributed by atoms with van der Waals surface area (Å²) in [4.78, 5) is 26.8. The maximum absolute atomic E-state index is 12.9. The Morgan fingerprint density at radius 3 is 2.52 bits per heavy atom. The Balaban J connectivity index is 1.61. The summed E-state index contributed by atoms with van der Waals surface area (Å²) in [6.07, 6.45) is 0.537. The number of hydrogen-bond acceptors (Lipinski definition) is 9. The molecule has 0 aliphatic carbocycles. The number of ketones is 1. The van der Waals surface area contributed by atoms with E-state index in [2.05, 4.69) is 9.98 Å². The van der Waals surface area contributed by atoms with Crippen LogP contribution in [0.5, 0.6) is 11.5 Å². The first-order chi connectivity index (χ1) is 14.8. The summed E-state index contributed by atoms with van der Waals surface area (Å²) < 4.78 is 11.2. The van der Waals surface area contributed by atoms with Crippen molar-refractivity contribution >= 4 is 17.7 Å². The summed E-state index contributed by atoms with van der Waals surface area (Å²) in [6.45, 7) is 4.26. The maximum atomic E-state index is 12.9. The fraction of sp³-hybridized carbons (Fsp3) is 0.318. The lowest BCUT2D eigenvalue weighted by atomic mass is 10.0. The van der Waals surface area contributed by atoms with Crippen LogP contribution in [0, 0.1) is 0 Å². The molecule has 31 heavy (non-hydrogen) atoms. The Labute approximate surface area is 181 Å². The fourth-order valence-electron chi connectivity index (χ4n) is 3.10. The summed E-state index contributed by atoms with van der Waals surface area (Å²) in [5, 5.41) is 1.42. The largest absolute Gasteiger partial charge is 0.497 e. The summed E-state index contributed by atoms with van der Waals surface area (Å²) in [5.41, 5.74) is 11.8. The quantitative estimate of drug-likeness (QED) is 0.466. The van der Waals surface area contributed by atoms with Crippen LogP contribution in [0.4, 0.5) is 0 Å². The van der Waals surface area contributed by atoms with Gasteiger partial charge in [0.15, 0.2) is 11.4 Å². The number of nitrogens with two attached hydrogens (primary N) is 2. The lowest BCUT2D eigenvalue weighted by molar-refractivity contribution is -0.158. The van der Waals surface area contributed by atoms with Gasteiger partial charge >= 0.3 is 0 Å². The van der Waals surface area contributed by atoms with E-state index in [0.29, 0.717) is 42.3 Å².